The van der Waals surface area contributed by atoms with Crippen molar-refractivity contribution < 1.29 is 4.74 Å². The molecule has 1 heterocycles. The molecule has 2 heteroatoms. The second kappa shape index (κ2) is 3.78. The molecule has 0 unspecified atom stereocenters. The summed E-state index contributed by atoms with van der Waals surface area (Å²) in [6, 6.07) is 13.1. The first-order valence-corrected chi connectivity index (χ1v) is 7.18. The maximum absolute atomic E-state index is 5.45. The molecule has 0 aromatic heterocycles. The van der Waals surface area contributed by atoms with Crippen LogP contribution in [0.4, 0.5) is 5.69 Å². The van der Waals surface area contributed by atoms with Crippen LogP contribution in [0.1, 0.15) is 35.1 Å². The number of benzene rings is 2. The standard InChI is InChI=1S/C18H19NO/c1-11-8-13(20-3)10-14-16-9-12-6-4-5-7-15(12)18(16,2)19-17(11)14/h4-8,10,16,19H,9H2,1-3H3/t16-,18-/m0/s1. The number of hydrogen-bond acceptors (Lipinski definition) is 2. The lowest BCUT2D eigenvalue weighted by Gasteiger charge is -2.27. The zero-order valence-electron chi connectivity index (χ0n) is 12.2. The first-order valence-electron chi connectivity index (χ1n) is 7.18. The van der Waals surface area contributed by atoms with Gasteiger partial charge in [-0.1, -0.05) is 24.3 Å². The Kier molecular flexibility index (Phi) is 2.24. The van der Waals surface area contributed by atoms with Gasteiger partial charge in [-0.2, -0.15) is 0 Å². The summed E-state index contributed by atoms with van der Waals surface area (Å²) in [6.07, 6.45) is 1.11. The summed E-state index contributed by atoms with van der Waals surface area (Å²) in [7, 11) is 1.74. The summed E-state index contributed by atoms with van der Waals surface area (Å²) in [5, 5.41) is 3.79. The summed E-state index contributed by atoms with van der Waals surface area (Å²) < 4.78 is 5.45. The highest BCUT2D eigenvalue weighted by Crippen LogP contribution is 2.56. The third-order valence-electron chi connectivity index (χ3n) is 5.03. The Hall–Kier alpha value is -1.96. The molecule has 0 fully saturated rings. The van der Waals surface area contributed by atoms with E-state index in [1.165, 1.54) is 27.9 Å². The zero-order chi connectivity index (χ0) is 13.9. The number of nitrogens with one attached hydrogen (secondary N) is 1. The van der Waals surface area contributed by atoms with E-state index in [9.17, 15) is 0 Å². The van der Waals surface area contributed by atoms with Crippen LogP contribution in [0.2, 0.25) is 0 Å². The largest absolute Gasteiger partial charge is 0.497 e. The number of anilines is 1. The molecule has 2 aromatic rings. The topological polar surface area (TPSA) is 21.3 Å². The molecular weight excluding hydrogens is 246 g/mol. The SMILES string of the molecule is COc1cc(C)c2c(c1)[C@@H]1Cc3ccccc3[C@]1(C)N2. The van der Waals surface area contributed by atoms with E-state index in [0.717, 1.165) is 12.2 Å². The fourth-order valence-electron chi connectivity index (χ4n) is 4.00. The summed E-state index contributed by atoms with van der Waals surface area (Å²) in [4.78, 5) is 0. The van der Waals surface area contributed by atoms with Crippen LogP contribution in [-0.4, -0.2) is 7.11 Å². The van der Waals surface area contributed by atoms with Crippen molar-refractivity contribution in [2.75, 3.05) is 12.4 Å². The molecule has 2 aromatic carbocycles. The van der Waals surface area contributed by atoms with E-state index in [-0.39, 0.29) is 5.54 Å². The fraction of sp³-hybridized carbons (Fsp3) is 0.333. The molecule has 20 heavy (non-hydrogen) atoms. The minimum Gasteiger partial charge on any atom is -0.497 e. The van der Waals surface area contributed by atoms with E-state index in [4.69, 9.17) is 4.74 Å². The maximum atomic E-state index is 5.45. The minimum absolute atomic E-state index is 0.0239. The van der Waals surface area contributed by atoms with Gasteiger partial charge in [-0.05, 0) is 54.7 Å². The van der Waals surface area contributed by atoms with Gasteiger partial charge in [0.05, 0.1) is 12.6 Å². The van der Waals surface area contributed by atoms with Crippen molar-refractivity contribution in [1.82, 2.24) is 0 Å². The average molecular weight is 265 g/mol. The fourth-order valence-corrected chi connectivity index (χ4v) is 4.00. The average Bonchev–Trinajstić information content (AvgIpc) is 2.89. The Morgan fingerprint density at radius 1 is 1.25 bits per heavy atom. The van der Waals surface area contributed by atoms with Gasteiger partial charge in [0.1, 0.15) is 5.75 Å². The smallest absolute Gasteiger partial charge is 0.119 e. The van der Waals surface area contributed by atoms with Crippen molar-refractivity contribution in [3.63, 3.8) is 0 Å². The van der Waals surface area contributed by atoms with Crippen LogP contribution in [0.5, 0.6) is 5.75 Å². The predicted molar refractivity (Wildman–Crippen MR) is 81.6 cm³/mol. The van der Waals surface area contributed by atoms with E-state index in [2.05, 4.69) is 55.6 Å². The van der Waals surface area contributed by atoms with Crippen LogP contribution in [0.15, 0.2) is 36.4 Å². The highest BCUT2D eigenvalue weighted by Gasteiger charge is 2.49. The van der Waals surface area contributed by atoms with Gasteiger partial charge >= 0.3 is 0 Å². The van der Waals surface area contributed by atoms with Crippen LogP contribution >= 0.6 is 0 Å². The van der Waals surface area contributed by atoms with Gasteiger partial charge < -0.3 is 10.1 Å². The second-order valence-corrected chi connectivity index (χ2v) is 6.15. The first kappa shape index (κ1) is 11.8. The van der Waals surface area contributed by atoms with Crippen LogP contribution < -0.4 is 10.1 Å². The molecule has 0 spiro atoms. The molecule has 1 N–H and O–H groups in total. The molecule has 2 nitrogen and oxygen atoms in total. The lowest BCUT2D eigenvalue weighted by Crippen LogP contribution is -2.29. The molecule has 102 valence electrons. The van der Waals surface area contributed by atoms with Crippen molar-refractivity contribution in [2.24, 2.45) is 0 Å². The van der Waals surface area contributed by atoms with E-state index < -0.39 is 0 Å². The molecule has 0 saturated carbocycles. The van der Waals surface area contributed by atoms with Gasteiger partial charge in [-0.25, -0.2) is 0 Å². The lowest BCUT2D eigenvalue weighted by atomic mass is 9.84. The van der Waals surface area contributed by atoms with E-state index in [1.807, 2.05) is 0 Å². The van der Waals surface area contributed by atoms with Gasteiger partial charge in [0.15, 0.2) is 0 Å². The summed E-state index contributed by atoms with van der Waals surface area (Å²) in [5.41, 5.74) is 6.91. The molecule has 0 radical (unpaired) electrons. The molecule has 0 bridgehead atoms. The number of methoxy groups -OCH3 is 1. The van der Waals surface area contributed by atoms with Gasteiger partial charge in [0.25, 0.3) is 0 Å². The number of rotatable bonds is 1. The number of fused-ring (bicyclic) bond motifs is 5. The normalized spacial score (nSPS) is 25.6. The Bertz CT molecular complexity index is 707. The molecule has 0 saturated heterocycles. The minimum atomic E-state index is 0.0239. The van der Waals surface area contributed by atoms with E-state index in [0.29, 0.717) is 5.92 Å². The quantitative estimate of drug-likeness (QED) is 0.842. The first-order chi connectivity index (χ1) is 9.63. The Labute approximate surface area is 119 Å². The number of hydrogen-bond donors (Lipinski definition) is 1. The summed E-state index contributed by atoms with van der Waals surface area (Å²) in [5.74, 6) is 1.46. The second-order valence-electron chi connectivity index (χ2n) is 6.15. The predicted octanol–water partition coefficient (Wildman–Crippen LogP) is 3.98. The van der Waals surface area contributed by atoms with Crippen molar-refractivity contribution in [2.45, 2.75) is 31.7 Å². The molecule has 4 rings (SSSR count). The highest BCUT2D eigenvalue weighted by atomic mass is 16.5. The number of ether oxygens (including phenoxy) is 1. The van der Waals surface area contributed by atoms with E-state index >= 15 is 0 Å². The lowest BCUT2D eigenvalue weighted by molar-refractivity contribution is 0.413. The van der Waals surface area contributed by atoms with Crippen molar-refractivity contribution in [3.8, 4) is 5.75 Å². The molecule has 1 aliphatic heterocycles. The van der Waals surface area contributed by atoms with Gasteiger partial charge in [-0.15, -0.1) is 0 Å². The highest BCUT2D eigenvalue weighted by molar-refractivity contribution is 5.71. The summed E-state index contributed by atoms with van der Waals surface area (Å²) in [6.45, 7) is 4.49. The van der Waals surface area contributed by atoms with Crippen molar-refractivity contribution >= 4 is 5.69 Å². The molecule has 2 aliphatic rings. The van der Waals surface area contributed by atoms with Gasteiger partial charge in [0.2, 0.25) is 0 Å². The zero-order valence-corrected chi connectivity index (χ0v) is 12.2. The third kappa shape index (κ3) is 1.34. The van der Waals surface area contributed by atoms with Crippen LogP contribution in [0.3, 0.4) is 0 Å². The van der Waals surface area contributed by atoms with Crippen LogP contribution in [0, 0.1) is 6.92 Å². The number of aryl methyl sites for hydroxylation is 1. The molecule has 2 atom stereocenters. The Morgan fingerprint density at radius 3 is 2.85 bits per heavy atom. The Morgan fingerprint density at radius 2 is 2.05 bits per heavy atom. The summed E-state index contributed by atoms with van der Waals surface area (Å²) >= 11 is 0. The van der Waals surface area contributed by atoms with Crippen molar-refractivity contribution in [3.05, 3.63) is 58.7 Å². The Balaban J connectivity index is 1.90. The third-order valence-corrected chi connectivity index (χ3v) is 5.03. The van der Waals surface area contributed by atoms with Gasteiger partial charge in [-0.3, -0.25) is 0 Å². The molecular formula is C18H19NO. The molecule has 0 amide bonds. The monoisotopic (exact) mass is 265 g/mol. The van der Waals surface area contributed by atoms with E-state index in [1.54, 1.807) is 7.11 Å². The van der Waals surface area contributed by atoms with Crippen LogP contribution in [-0.2, 0) is 12.0 Å². The molecule has 1 aliphatic carbocycles. The van der Waals surface area contributed by atoms with Crippen LogP contribution in [0.25, 0.3) is 0 Å². The maximum Gasteiger partial charge on any atom is 0.119 e. The van der Waals surface area contributed by atoms with Crippen molar-refractivity contribution in [1.29, 1.82) is 0 Å². The van der Waals surface area contributed by atoms with Gasteiger partial charge in [0, 0.05) is 11.6 Å².